The van der Waals surface area contributed by atoms with Crippen LogP contribution in [0.5, 0.6) is 0 Å². The van der Waals surface area contributed by atoms with E-state index in [1.165, 1.54) is 11.6 Å². The molecule has 5 nitrogen and oxygen atoms in total. The van der Waals surface area contributed by atoms with Crippen LogP contribution < -0.4 is 10.2 Å². The summed E-state index contributed by atoms with van der Waals surface area (Å²) >= 11 is 0. The van der Waals surface area contributed by atoms with E-state index in [1.807, 2.05) is 32.0 Å². The van der Waals surface area contributed by atoms with E-state index >= 15 is 0 Å². The fourth-order valence-corrected chi connectivity index (χ4v) is 2.48. The molecular formula is C19H20N2O3S. The average molecular weight is 356 g/mol. The topological polar surface area (TPSA) is 78.4 Å². The van der Waals surface area contributed by atoms with Gasteiger partial charge in [0.15, 0.2) is 0 Å². The van der Waals surface area contributed by atoms with Gasteiger partial charge in [0.05, 0.1) is 4.90 Å². The highest BCUT2D eigenvalue weighted by molar-refractivity contribution is 7.86. The number of hydrogen-bond donors (Lipinski definition) is 3. The van der Waals surface area contributed by atoms with Crippen LogP contribution in [-0.2, 0) is 15.8 Å². The van der Waals surface area contributed by atoms with E-state index in [-0.39, 0.29) is 0 Å². The Bertz CT molecular complexity index is 776. The standard InChI is InChI=1S/C17H14N2O3S.C2H6/c20-17(18-21)9-5-4-6-14-10-12-15(13-11-14)19-23(22)16-7-2-1-3-8-16;1-2/h1-3,5,7-13,19,21H,(H,18,20);1-2H3/b9-5+;. The molecule has 1 atom stereocenters. The highest BCUT2D eigenvalue weighted by atomic mass is 32.2. The van der Waals surface area contributed by atoms with Gasteiger partial charge in [0.1, 0.15) is 11.0 Å². The molecule has 2 rings (SSSR count). The largest absolute Gasteiger partial charge is 0.301 e. The van der Waals surface area contributed by atoms with Crippen LogP contribution in [0.4, 0.5) is 5.69 Å². The lowest BCUT2D eigenvalue weighted by Gasteiger charge is -2.05. The van der Waals surface area contributed by atoms with E-state index in [1.54, 1.807) is 36.4 Å². The smallest absolute Gasteiger partial charge is 0.267 e. The molecule has 3 N–H and O–H groups in total. The van der Waals surface area contributed by atoms with Crippen molar-refractivity contribution in [2.75, 3.05) is 4.72 Å². The van der Waals surface area contributed by atoms with Gasteiger partial charge in [-0.3, -0.25) is 10.0 Å². The summed E-state index contributed by atoms with van der Waals surface area (Å²) in [5, 5.41) is 8.31. The number of rotatable bonds is 4. The summed E-state index contributed by atoms with van der Waals surface area (Å²) in [5.41, 5.74) is 2.93. The third-order valence-electron chi connectivity index (χ3n) is 2.70. The highest BCUT2D eigenvalue weighted by Crippen LogP contribution is 2.13. The summed E-state index contributed by atoms with van der Waals surface area (Å²) < 4.78 is 15.0. The number of carbonyl (C=O) groups excluding carboxylic acids is 1. The Hall–Kier alpha value is -2.88. The minimum absolute atomic E-state index is 0.637. The van der Waals surface area contributed by atoms with Crippen LogP contribution >= 0.6 is 0 Å². The molecule has 1 unspecified atom stereocenters. The third kappa shape index (κ3) is 7.48. The van der Waals surface area contributed by atoms with E-state index in [0.717, 1.165) is 11.6 Å². The zero-order valence-electron chi connectivity index (χ0n) is 14.0. The molecule has 25 heavy (non-hydrogen) atoms. The molecule has 0 aliphatic carbocycles. The monoisotopic (exact) mass is 356 g/mol. The Morgan fingerprint density at radius 2 is 1.72 bits per heavy atom. The number of benzene rings is 2. The normalized spacial score (nSPS) is 10.7. The fourth-order valence-electron chi connectivity index (χ4n) is 1.61. The molecule has 1 amide bonds. The molecule has 0 bridgehead atoms. The Morgan fingerprint density at radius 1 is 1.08 bits per heavy atom. The minimum atomic E-state index is -1.32. The molecule has 0 aliphatic heterocycles. The first-order valence-electron chi connectivity index (χ1n) is 7.65. The van der Waals surface area contributed by atoms with Crippen LogP contribution in [0.25, 0.3) is 0 Å². The van der Waals surface area contributed by atoms with Crippen LogP contribution in [0.3, 0.4) is 0 Å². The van der Waals surface area contributed by atoms with Crippen molar-refractivity contribution in [3.63, 3.8) is 0 Å². The number of amides is 1. The first kappa shape index (κ1) is 20.2. The number of anilines is 1. The molecule has 0 saturated heterocycles. The van der Waals surface area contributed by atoms with E-state index in [0.29, 0.717) is 10.6 Å². The van der Waals surface area contributed by atoms with Gasteiger partial charge in [-0.05, 0) is 42.5 Å². The molecule has 0 radical (unpaired) electrons. The van der Waals surface area contributed by atoms with Crippen molar-refractivity contribution < 1.29 is 14.2 Å². The summed E-state index contributed by atoms with van der Waals surface area (Å²) in [4.78, 5) is 11.4. The second-order valence-electron chi connectivity index (χ2n) is 4.34. The lowest BCUT2D eigenvalue weighted by atomic mass is 10.2. The summed E-state index contributed by atoms with van der Waals surface area (Å²) in [6.45, 7) is 4.00. The van der Waals surface area contributed by atoms with Crippen LogP contribution in [0, 0.1) is 11.8 Å². The number of hydroxylamine groups is 1. The lowest BCUT2D eigenvalue weighted by molar-refractivity contribution is -0.124. The van der Waals surface area contributed by atoms with Crippen molar-refractivity contribution in [1.82, 2.24) is 5.48 Å². The predicted octanol–water partition coefficient (Wildman–Crippen LogP) is 3.26. The first-order valence-corrected chi connectivity index (χ1v) is 8.80. The van der Waals surface area contributed by atoms with Crippen molar-refractivity contribution in [2.45, 2.75) is 18.7 Å². The van der Waals surface area contributed by atoms with Crippen molar-refractivity contribution in [2.24, 2.45) is 0 Å². The molecular weight excluding hydrogens is 336 g/mol. The molecule has 130 valence electrons. The van der Waals surface area contributed by atoms with Crippen LogP contribution in [0.1, 0.15) is 19.4 Å². The SMILES string of the molecule is CC.O=C(/C=C/C#Cc1ccc(NS(=O)c2ccccc2)cc1)NO. The first-order chi connectivity index (χ1) is 12.2. The summed E-state index contributed by atoms with van der Waals surface area (Å²) in [7, 11) is -1.32. The van der Waals surface area contributed by atoms with E-state index < -0.39 is 16.9 Å². The van der Waals surface area contributed by atoms with Crippen molar-refractivity contribution in [1.29, 1.82) is 0 Å². The van der Waals surface area contributed by atoms with Gasteiger partial charge in [0.2, 0.25) is 0 Å². The maximum absolute atomic E-state index is 12.1. The molecule has 0 aliphatic rings. The van der Waals surface area contributed by atoms with Gasteiger partial charge in [-0.1, -0.05) is 43.9 Å². The molecule has 0 saturated carbocycles. The zero-order chi connectivity index (χ0) is 18.5. The van der Waals surface area contributed by atoms with Crippen molar-refractivity contribution in [3.8, 4) is 11.8 Å². The lowest BCUT2D eigenvalue weighted by Crippen LogP contribution is -2.14. The molecule has 0 heterocycles. The number of nitrogens with one attached hydrogen (secondary N) is 2. The van der Waals surface area contributed by atoms with E-state index in [4.69, 9.17) is 5.21 Å². The summed E-state index contributed by atoms with van der Waals surface area (Å²) in [6, 6.07) is 16.2. The fraction of sp³-hybridized carbons (Fsp3) is 0.105. The molecule has 0 spiro atoms. The van der Waals surface area contributed by atoms with Gasteiger partial charge in [0.25, 0.3) is 5.91 Å². The molecule has 2 aromatic rings. The number of carbonyl (C=O) groups is 1. The summed E-state index contributed by atoms with van der Waals surface area (Å²) in [5.74, 6) is 4.87. The summed E-state index contributed by atoms with van der Waals surface area (Å²) in [6.07, 6.45) is 2.45. The van der Waals surface area contributed by atoms with Crippen LogP contribution in [0.2, 0.25) is 0 Å². The second-order valence-corrected chi connectivity index (χ2v) is 5.55. The van der Waals surface area contributed by atoms with Gasteiger partial charge in [-0.15, -0.1) is 0 Å². The Morgan fingerprint density at radius 3 is 2.32 bits per heavy atom. The Balaban J connectivity index is 0.00000151. The minimum Gasteiger partial charge on any atom is -0.301 e. The molecule has 0 fully saturated rings. The van der Waals surface area contributed by atoms with Gasteiger partial charge >= 0.3 is 0 Å². The average Bonchev–Trinajstić information content (AvgIpc) is 2.68. The molecule has 2 aromatic carbocycles. The van der Waals surface area contributed by atoms with Gasteiger partial charge < -0.3 is 4.72 Å². The van der Waals surface area contributed by atoms with Gasteiger partial charge in [-0.25, -0.2) is 9.69 Å². The maximum atomic E-state index is 12.1. The van der Waals surface area contributed by atoms with Gasteiger partial charge in [0, 0.05) is 17.3 Å². The van der Waals surface area contributed by atoms with Crippen LogP contribution in [0.15, 0.2) is 71.6 Å². The van der Waals surface area contributed by atoms with E-state index in [2.05, 4.69) is 16.6 Å². The van der Waals surface area contributed by atoms with Crippen LogP contribution in [-0.4, -0.2) is 15.3 Å². The molecule has 6 heteroatoms. The van der Waals surface area contributed by atoms with Crippen molar-refractivity contribution in [3.05, 3.63) is 72.3 Å². The maximum Gasteiger partial charge on any atom is 0.267 e. The van der Waals surface area contributed by atoms with Crippen molar-refractivity contribution >= 4 is 22.6 Å². The zero-order valence-corrected chi connectivity index (χ0v) is 14.8. The number of hydrogen-bond acceptors (Lipinski definition) is 3. The third-order valence-corrected chi connectivity index (χ3v) is 3.82. The van der Waals surface area contributed by atoms with Gasteiger partial charge in [-0.2, -0.15) is 0 Å². The Labute approximate surface area is 150 Å². The quantitative estimate of drug-likeness (QED) is 0.340. The Kier molecular flexibility index (Phi) is 9.38. The molecule has 0 aromatic heterocycles. The number of allylic oxidation sites excluding steroid dienone is 1. The highest BCUT2D eigenvalue weighted by Gasteiger charge is 2.02. The van der Waals surface area contributed by atoms with E-state index in [9.17, 15) is 9.00 Å². The second kappa shape index (κ2) is 11.6. The predicted molar refractivity (Wildman–Crippen MR) is 100 cm³/mol.